The highest BCUT2D eigenvalue weighted by Crippen LogP contribution is 2.40. The van der Waals surface area contributed by atoms with Crippen LogP contribution in [-0.2, 0) is 9.59 Å². The highest BCUT2D eigenvalue weighted by atomic mass is 16.5. The van der Waals surface area contributed by atoms with Crippen molar-refractivity contribution in [3.05, 3.63) is 70.7 Å². The van der Waals surface area contributed by atoms with Crippen LogP contribution in [0.5, 0.6) is 5.75 Å². The first kappa shape index (κ1) is 29.3. The second-order valence-electron chi connectivity index (χ2n) is 10.4. The molecule has 1 amide bonds. The third-order valence-corrected chi connectivity index (χ3v) is 7.86. The first-order valence-electron chi connectivity index (χ1n) is 14.5. The number of unbranched alkanes of at least 4 members (excludes halogenated alkanes) is 3. The summed E-state index contributed by atoms with van der Waals surface area (Å²) in [5.74, 6) is -0.795. The molecule has 1 saturated heterocycles. The van der Waals surface area contributed by atoms with E-state index in [2.05, 4.69) is 30.7 Å². The van der Waals surface area contributed by atoms with Gasteiger partial charge in [-0.1, -0.05) is 58.2 Å². The van der Waals surface area contributed by atoms with Gasteiger partial charge in [0.1, 0.15) is 17.1 Å². The molecule has 1 atom stereocenters. The number of carbonyl (C=O) groups excluding carboxylic acids is 2. The molecule has 0 aliphatic carbocycles. The first-order chi connectivity index (χ1) is 19.3. The van der Waals surface area contributed by atoms with E-state index < -0.39 is 17.7 Å². The molecular weight excluding hydrogens is 504 g/mol. The number of hydrogen-bond donors (Lipinski definition) is 1. The smallest absolute Gasteiger partial charge is 0.295 e. The fraction of sp³-hybridized carbons (Fsp3) is 0.469. The second-order valence-corrected chi connectivity index (χ2v) is 10.4. The van der Waals surface area contributed by atoms with Gasteiger partial charge in [-0.25, -0.2) is 4.98 Å². The van der Waals surface area contributed by atoms with E-state index in [9.17, 15) is 14.7 Å². The van der Waals surface area contributed by atoms with Gasteiger partial charge in [0.25, 0.3) is 11.7 Å². The van der Waals surface area contributed by atoms with Crippen molar-refractivity contribution in [2.75, 3.05) is 32.8 Å². The maximum atomic E-state index is 13.5. The van der Waals surface area contributed by atoms with E-state index in [0.29, 0.717) is 36.7 Å². The average molecular weight is 547 g/mol. The molecular formula is C32H42N4O4. The first-order valence-corrected chi connectivity index (χ1v) is 14.5. The van der Waals surface area contributed by atoms with E-state index in [-0.39, 0.29) is 11.3 Å². The van der Waals surface area contributed by atoms with Crippen LogP contribution in [0.4, 0.5) is 0 Å². The van der Waals surface area contributed by atoms with Gasteiger partial charge in [-0.05, 0) is 62.7 Å². The van der Waals surface area contributed by atoms with Crippen molar-refractivity contribution in [2.45, 2.75) is 66.3 Å². The topological polar surface area (TPSA) is 87.4 Å². The van der Waals surface area contributed by atoms with Crippen molar-refractivity contribution < 1.29 is 19.4 Å². The Kier molecular flexibility index (Phi) is 9.63. The predicted molar refractivity (Wildman–Crippen MR) is 158 cm³/mol. The summed E-state index contributed by atoms with van der Waals surface area (Å²) in [7, 11) is 0. The van der Waals surface area contributed by atoms with Gasteiger partial charge < -0.3 is 24.0 Å². The third-order valence-electron chi connectivity index (χ3n) is 7.86. The van der Waals surface area contributed by atoms with Crippen LogP contribution >= 0.6 is 0 Å². The largest absolute Gasteiger partial charge is 0.505 e. The molecule has 2 aromatic heterocycles. The van der Waals surface area contributed by atoms with E-state index in [1.165, 1.54) is 12.8 Å². The number of aryl methyl sites for hydroxylation is 2. The van der Waals surface area contributed by atoms with Crippen molar-refractivity contribution >= 4 is 23.1 Å². The average Bonchev–Trinajstić information content (AvgIpc) is 3.43. The van der Waals surface area contributed by atoms with Gasteiger partial charge in [-0.2, -0.15) is 0 Å². The summed E-state index contributed by atoms with van der Waals surface area (Å²) in [4.78, 5) is 35.4. The van der Waals surface area contributed by atoms with Gasteiger partial charge in [-0.3, -0.25) is 9.59 Å². The highest BCUT2D eigenvalue weighted by molar-refractivity contribution is 6.46. The number of fused-ring (bicyclic) bond motifs is 1. The molecule has 8 heteroatoms. The van der Waals surface area contributed by atoms with Crippen LogP contribution in [0.3, 0.4) is 0 Å². The Morgan fingerprint density at radius 3 is 2.40 bits per heavy atom. The van der Waals surface area contributed by atoms with Crippen LogP contribution in [0.2, 0.25) is 0 Å². The van der Waals surface area contributed by atoms with Crippen molar-refractivity contribution in [2.24, 2.45) is 0 Å². The van der Waals surface area contributed by atoms with Crippen LogP contribution in [0.25, 0.3) is 11.4 Å². The quantitative estimate of drug-likeness (QED) is 0.129. The van der Waals surface area contributed by atoms with Crippen LogP contribution in [0.1, 0.15) is 75.0 Å². The number of benzene rings is 1. The van der Waals surface area contributed by atoms with E-state index in [0.717, 1.165) is 42.8 Å². The number of Topliss-reactive ketones (excluding diaryl/α,β-unsaturated/α-hetero) is 1. The number of ketones is 1. The Hall–Kier alpha value is -3.65. The zero-order valence-electron chi connectivity index (χ0n) is 24.4. The summed E-state index contributed by atoms with van der Waals surface area (Å²) in [5, 5.41) is 11.6. The summed E-state index contributed by atoms with van der Waals surface area (Å²) in [6.07, 6.45) is 6.38. The number of aliphatic hydroxyl groups is 1. The zero-order valence-corrected chi connectivity index (χ0v) is 24.4. The van der Waals surface area contributed by atoms with E-state index in [1.807, 2.05) is 60.8 Å². The molecule has 0 bridgehead atoms. The summed E-state index contributed by atoms with van der Waals surface area (Å²) < 4.78 is 7.81. The molecule has 0 radical (unpaired) electrons. The molecule has 0 saturated carbocycles. The van der Waals surface area contributed by atoms with Gasteiger partial charge in [0.05, 0.1) is 23.9 Å². The van der Waals surface area contributed by atoms with Crippen LogP contribution in [0, 0.1) is 13.8 Å². The van der Waals surface area contributed by atoms with Crippen LogP contribution in [-0.4, -0.2) is 68.8 Å². The summed E-state index contributed by atoms with van der Waals surface area (Å²) in [5.41, 5.74) is 3.49. The Labute approximate surface area is 237 Å². The molecule has 1 fully saturated rings. The fourth-order valence-corrected chi connectivity index (χ4v) is 5.39. The monoisotopic (exact) mass is 546 g/mol. The van der Waals surface area contributed by atoms with Crippen molar-refractivity contribution in [3.63, 3.8) is 0 Å². The number of likely N-dealkylation sites (N-methyl/N-ethyl adjacent to an activating group) is 1. The minimum atomic E-state index is -0.723. The van der Waals surface area contributed by atoms with Gasteiger partial charge >= 0.3 is 0 Å². The fourth-order valence-electron chi connectivity index (χ4n) is 5.39. The maximum Gasteiger partial charge on any atom is 0.295 e. The molecule has 3 aromatic rings. The molecule has 8 nitrogen and oxygen atoms in total. The Bertz CT molecular complexity index is 1370. The molecule has 1 aliphatic rings. The Balaban J connectivity index is 1.73. The van der Waals surface area contributed by atoms with Gasteiger partial charge in [0.2, 0.25) is 0 Å². The van der Waals surface area contributed by atoms with Gasteiger partial charge in [0, 0.05) is 19.3 Å². The van der Waals surface area contributed by atoms with Crippen LogP contribution < -0.4 is 4.74 Å². The number of aromatic nitrogens is 2. The van der Waals surface area contributed by atoms with Crippen molar-refractivity contribution in [1.82, 2.24) is 19.2 Å². The minimum absolute atomic E-state index is 0.0712. The highest BCUT2D eigenvalue weighted by Gasteiger charge is 2.46. The normalized spacial score (nSPS) is 16.9. The molecule has 1 aliphatic heterocycles. The molecule has 40 heavy (non-hydrogen) atoms. The molecule has 3 heterocycles. The molecule has 4 rings (SSSR count). The Morgan fingerprint density at radius 2 is 1.75 bits per heavy atom. The number of nitrogens with zero attached hydrogens (tertiary/aromatic N) is 4. The lowest BCUT2D eigenvalue weighted by molar-refractivity contribution is -0.140. The lowest BCUT2D eigenvalue weighted by Gasteiger charge is -2.28. The minimum Gasteiger partial charge on any atom is -0.505 e. The number of rotatable bonds is 13. The lowest BCUT2D eigenvalue weighted by Crippen LogP contribution is -2.38. The van der Waals surface area contributed by atoms with E-state index >= 15 is 0 Å². The van der Waals surface area contributed by atoms with Crippen molar-refractivity contribution in [3.8, 4) is 5.75 Å². The standard InChI is InChI=1S/C32H42N4O4/c1-6-9-10-11-21-40-25-16-14-24(15-17-25)28-26(30(38)32(39)36(28)20-19-34(7-2)8-3)29(37)27-23(5)35-18-12-13-22(4)31(35)33-27/h12-18,28,37H,6-11,19-21H2,1-5H3. The molecule has 1 aromatic carbocycles. The molecule has 0 spiro atoms. The summed E-state index contributed by atoms with van der Waals surface area (Å²) in [6, 6.07) is 10.7. The molecule has 1 N–H and O–H groups in total. The van der Waals surface area contributed by atoms with Crippen molar-refractivity contribution in [1.29, 1.82) is 0 Å². The second kappa shape index (κ2) is 13.1. The Morgan fingerprint density at radius 1 is 1.02 bits per heavy atom. The summed E-state index contributed by atoms with van der Waals surface area (Å²) >= 11 is 0. The van der Waals surface area contributed by atoms with E-state index in [4.69, 9.17) is 4.74 Å². The number of carbonyl (C=O) groups is 2. The van der Waals surface area contributed by atoms with Gasteiger partial charge in [0.15, 0.2) is 5.76 Å². The third kappa shape index (κ3) is 5.92. The molecule has 214 valence electrons. The number of hydrogen-bond acceptors (Lipinski definition) is 6. The zero-order chi connectivity index (χ0) is 28.8. The predicted octanol–water partition coefficient (Wildman–Crippen LogP) is 5.67. The van der Waals surface area contributed by atoms with Gasteiger partial charge in [-0.15, -0.1) is 0 Å². The number of ether oxygens (including phenoxy) is 1. The maximum absolute atomic E-state index is 13.5. The lowest BCUT2D eigenvalue weighted by atomic mass is 9.96. The number of likely N-dealkylation sites (tertiary alicyclic amines) is 1. The number of imidazole rings is 1. The van der Waals surface area contributed by atoms with E-state index in [1.54, 1.807) is 4.90 Å². The number of aliphatic hydroxyl groups excluding tert-OH is 1. The number of pyridine rings is 1. The summed E-state index contributed by atoms with van der Waals surface area (Å²) in [6.45, 7) is 13.5. The SMILES string of the molecule is CCCCCCOc1ccc(C2C(=C(O)c3nc4c(C)cccn4c3C)C(=O)C(=O)N2CCN(CC)CC)cc1. The number of amides is 1. The van der Waals surface area contributed by atoms with Crippen LogP contribution in [0.15, 0.2) is 48.2 Å². The molecule has 1 unspecified atom stereocenters.